The van der Waals surface area contributed by atoms with Crippen LogP contribution in [0.25, 0.3) is 5.78 Å². The van der Waals surface area contributed by atoms with Gasteiger partial charge in [0.2, 0.25) is 11.7 Å². The van der Waals surface area contributed by atoms with Crippen molar-refractivity contribution in [3.63, 3.8) is 0 Å². The Morgan fingerprint density at radius 2 is 2.14 bits per heavy atom. The van der Waals surface area contributed by atoms with Crippen molar-refractivity contribution >= 4 is 17.6 Å². The van der Waals surface area contributed by atoms with E-state index in [0.29, 0.717) is 5.78 Å². The van der Waals surface area contributed by atoms with Gasteiger partial charge in [-0.15, -0.1) is 5.10 Å². The molecule has 0 fully saturated rings. The van der Waals surface area contributed by atoms with Crippen molar-refractivity contribution in [3.05, 3.63) is 23.8 Å². The van der Waals surface area contributed by atoms with Crippen LogP contribution in [0.4, 0.5) is 0 Å². The SMILES string of the molecule is Cc1ccnc2nc(C(=O)N(C)CC(=O)NC(C)C)nn12. The summed E-state index contributed by atoms with van der Waals surface area (Å²) in [5, 5.41) is 6.85. The molecule has 0 spiro atoms. The zero-order valence-electron chi connectivity index (χ0n) is 12.5. The summed E-state index contributed by atoms with van der Waals surface area (Å²) >= 11 is 0. The monoisotopic (exact) mass is 290 g/mol. The molecular weight excluding hydrogens is 272 g/mol. The molecule has 2 aromatic rings. The van der Waals surface area contributed by atoms with Crippen molar-refractivity contribution in [2.75, 3.05) is 13.6 Å². The Balaban J connectivity index is 2.14. The summed E-state index contributed by atoms with van der Waals surface area (Å²) in [5.74, 6) is -0.257. The molecule has 0 atom stereocenters. The standard InChI is InChI=1S/C13H18N6O2/c1-8(2)15-10(20)7-18(4)12(21)11-16-13-14-6-5-9(3)19(13)17-11/h5-6,8H,7H2,1-4H3,(H,15,20). The zero-order chi connectivity index (χ0) is 15.6. The molecule has 21 heavy (non-hydrogen) atoms. The highest BCUT2D eigenvalue weighted by Crippen LogP contribution is 2.04. The lowest BCUT2D eigenvalue weighted by Crippen LogP contribution is -2.41. The topological polar surface area (TPSA) is 92.5 Å². The normalized spacial score (nSPS) is 10.9. The maximum Gasteiger partial charge on any atom is 0.293 e. The van der Waals surface area contributed by atoms with Crippen LogP contribution in [0.15, 0.2) is 12.3 Å². The molecule has 0 radical (unpaired) electrons. The lowest BCUT2D eigenvalue weighted by molar-refractivity contribution is -0.122. The van der Waals surface area contributed by atoms with Gasteiger partial charge in [0, 0.05) is 25.0 Å². The molecule has 2 heterocycles. The molecule has 0 aromatic carbocycles. The quantitative estimate of drug-likeness (QED) is 0.857. The van der Waals surface area contributed by atoms with Crippen molar-refractivity contribution in [3.8, 4) is 0 Å². The van der Waals surface area contributed by atoms with Crippen molar-refractivity contribution in [1.82, 2.24) is 29.8 Å². The number of likely N-dealkylation sites (N-methyl/N-ethyl adjacent to an activating group) is 1. The molecule has 0 aliphatic carbocycles. The van der Waals surface area contributed by atoms with Gasteiger partial charge in [0.1, 0.15) is 0 Å². The zero-order valence-corrected chi connectivity index (χ0v) is 12.5. The highest BCUT2D eigenvalue weighted by atomic mass is 16.2. The van der Waals surface area contributed by atoms with Gasteiger partial charge in [-0.05, 0) is 26.8 Å². The first kappa shape index (κ1) is 14.9. The van der Waals surface area contributed by atoms with E-state index in [9.17, 15) is 9.59 Å². The molecule has 112 valence electrons. The van der Waals surface area contributed by atoms with Crippen molar-refractivity contribution < 1.29 is 9.59 Å². The first-order chi connectivity index (χ1) is 9.88. The fraction of sp³-hybridized carbons (Fsp3) is 0.462. The second-order valence-electron chi connectivity index (χ2n) is 5.12. The summed E-state index contributed by atoms with van der Waals surface area (Å²) in [6, 6.07) is 1.80. The number of carbonyl (C=O) groups is 2. The molecule has 2 aromatic heterocycles. The van der Waals surface area contributed by atoms with E-state index in [2.05, 4.69) is 20.4 Å². The van der Waals surface area contributed by atoms with Crippen LogP contribution in [0.3, 0.4) is 0 Å². The summed E-state index contributed by atoms with van der Waals surface area (Å²) in [4.78, 5) is 33.3. The number of aryl methyl sites for hydroxylation is 1. The van der Waals surface area contributed by atoms with Gasteiger partial charge in [0.15, 0.2) is 0 Å². The molecule has 8 heteroatoms. The number of nitrogens with one attached hydrogen (secondary N) is 1. The average Bonchev–Trinajstić information content (AvgIpc) is 2.82. The van der Waals surface area contributed by atoms with E-state index in [4.69, 9.17) is 0 Å². The van der Waals surface area contributed by atoms with E-state index < -0.39 is 5.91 Å². The lowest BCUT2D eigenvalue weighted by Gasteiger charge is -2.16. The number of aromatic nitrogens is 4. The highest BCUT2D eigenvalue weighted by Gasteiger charge is 2.20. The van der Waals surface area contributed by atoms with E-state index in [1.165, 1.54) is 16.5 Å². The number of fused-ring (bicyclic) bond motifs is 1. The largest absolute Gasteiger partial charge is 0.352 e. The minimum atomic E-state index is -0.418. The van der Waals surface area contributed by atoms with Gasteiger partial charge in [0.25, 0.3) is 11.7 Å². The fourth-order valence-corrected chi connectivity index (χ4v) is 1.82. The number of rotatable bonds is 4. The smallest absolute Gasteiger partial charge is 0.293 e. The van der Waals surface area contributed by atoms with Crippen molar-refractivity contribution in [2.24, 2.45) is 0 Å². The van der Waals surface area contributed by atoms with E-state index in [-0.39, 0.29) is 24.3 Å². The van der Waals surface area contributed by atoms with Crippen LogP contribution < -0.4 is 5.32 Å². The van der Waals surface area contributed by atoms with E-state index in [0.717, 1.165) is 5.69 Å². The molecule has 0 unspecified atom stereocenters. The predicted octanol–water partition coefficient (Wildman–Crippen LogP) is 0.0293. The van der Waals surface area contributed by atoms with Gasteiger partial charge >= 0.3 is 0 Å². The summed E-state index contributed by atoms with van der Waals surface area (Å²) in [5.41, 5.74) is 0.826. The van der Waals surface area contributed by atoms with Crippen LogP contribution in [0.2, 0.25) is 0 Å². The predicted molar refractivity (Wildman–Crippen MR) is 75.8 cm³/mol. The molecule has 0 aliphatic rings. The number of hydrogen-bond acceptors (Lipinski definition) is 5. The molecule has 2 amide bonds. The van der Waals surface area contributed by atoms with Gasteiger partial charge < -0.3 is 10.2 Å². The third kappa shape index (κ3) is 3.33. The summed E-state index contributed by atoms with van der Waals surface area (Å²) in [7, 11) is 1.54. The summed E-state index contributed by atoms with van der Waals surface area (Å²) in [6.45, 7) is 5.52. The Labute approximate surface area is 122 Å². The minimum Gasteiger partial charge on any atom is -0.352 e. The van der Waals surface area contributed by atoms with E-state index in [1.54, 1.807) is 12.3 Å². The van der Waals surface area contributed by atoms with Crippen LogP contribution >= 0.6 is 0 Å². The van der Waals surface area contributed by atoms with Gasteiger partial charge in [-0.1, -0.05) is 0 Å². The van der Waals surface area contributed by atoms with Crippen LogP contribution in [0, 0.1) is 6.92 Å². The van der Waals surface area contributed by atoms with Gasteiger partial charge in [-0.3, -0.25) is 9.59 Å². The number of carbonyl (C=O) groups excluding carboxylic acids is 2. The Bertz CT molecular complexity index is 678. The molecule has 0 aliphatic heterocycles. The molecule has 8 nitrogen and oxygen atoms in total. The van der Waals surface area contributed by atoms with Crippen molar-refractivity contribution in [1.29, 1.82) is 0 Å². The Morgan fingerprint density at radius 1 is 1.43 bits per heavy atom. The third-order valence-electron chi connectivity index (χ3n) is 2.80. The van der Waals surface area contributed by atoms with Gasteiger partial charge in [-0.25, -0.2) is 9.50 Å². The first-order valence-electron chi connectivity index (χ1n) is 6.61. The molecular formula is C13H18N6O2. The number of amides is 2. The maximum atomic E-state index is 12.2. The van der Waals surface area contributed by atoms with Crippen LogP contribution in [-0.4, -0.2) is 55.9 Å². The van der Waals surface area contributed by atoms with Gasteiger partial charge in [0.05, 0.1) is 6.54 Å². The molecule has 0 saturated heterocycles. The molecule has 2 rings (SSSR count). The van der Waals surface area contributed by atoms with Crippen LogP contribution in [0.5, 0.6) is 0 Å². The summed E-state index contributed by atoms with van der Waals surface area (Å²) in [6.07, 6.45) is 1.60. The molecule has 1 N–H and O–H groups in total. The summed E-state index contributed by atoms with van der Waals surface area (Å²) < 4.78 is 1.50. The average molecular weight is 290 g/mol. The van der Waals surface area contributed by atoms with E-state index >= 15 is 0 Å². The number of hydrogen-bond donors (Lipinski definition) is 1. The van der Waals surface area contributed by atoms with Gasteiger partial charge in [-0.2, -0.15) is 4.98 Å². The van der Waals surface area contributed by atoms with Crippen molar-refractivity contribution in [2.45, 2.75) is 26.8 Å². The van der Waals surface area contributed by atoms with Crippen LogP contribution in [0.1, 0.15) is 30.2 Å². The third-order valence-corrected chi connectivity index (χ3v) is 2.80. The maximum absolute atomic E-state index is 12.2. The second-order valence-corrected chi connectivity index (χ2v) is 5.12. The Hall–Kier alpha value is -2.51. The van der Waals surface area contributed by atoms with Crippen LogP contribution in [-0.2, 0) is 4.79 Å². The Morgan fingerprint density at radius 3 is 2.76 bits per heavy atom. The molecule has 0 saturated carbocycles. The second kappa shape index (κ2) is 5.86. The first-order valence-corrected chi connectivity index (χ1v) is 6.61. The number of nitrogens with zero attached hydrogens (tertiary/aromatic N) is 5. The Kier molecular flexibility index (Phi) is 4.15. The minimum absolute atomic E-state index is 0.0247. The molecule has 0 bridgehead atoms. The highest BCUT2D eigenvalue weighted by molar-refractivity contribution is 5.93. The lowest BCUT2D eigenvalue weighted by atomic mass is 10.3. The van der Waals surface area contributed by atoms with E-state index in [1.807, 2.05) is 20.8 Å². The fourth-order valence-electron chi connectivity index (χ4n) is 1.82.